The van der Waals surface area contributed by atoms with Gasteiger partial charge in [-0.15, -0.1) is 0 Å². The minimum Gasteiger partial charge on any atom is -0.371 e. The van der Waals surface area contributed by atoms with Crippen LogP contribution in [0.3, 0.4) is 0 Å². The van der Waals surface area contributed by atoms with E-state index in [0.717, 1.165) is 5.33 Å². The third-order valence-electron chi connectivity index (χ3n) is 2.77. The van der Waals surface area contributed by atoms with Crippen molar-refractivity contribution in [3.05, 3.63) is 17.5 Å². The molecular weight excluding hydrogens is 288 g/mol. The van der Waals surface area contributed by atoms with Gasteiger partial charge < -0.3 is 14.2 Å². The quantitative estimate of drug-likeness (QED) is 0.779. The number of ether oxygens (including phenoxy) is 1. The van der Waals surface area contributed by atoms with E-state index in [9.17, 15) is 4.79 Å². The molecule has 1 amide bonds. The molecule has 1 fully saturated rings. The number of halogens is 1. The van der Waals surface area contributed by atoms with Gasteiger partial charge in [-0.3, -0.25) is 4.79 Å². The number of aryl methyl sites for hydroxylation is 1. The smallest absolute Gasteiger partial charge is 0.259 e. The summed E-state index contributed by atoms with van der Waals surface area (Å²) in [4.78, 5) is 14.0. The van der Waals surface area contributed by atoms with Crippen LogP contribution in [0.25, 0.3) is 0 Å². The van der Waals surface area contributed by atoms with E-state index >= 15 is 0 Å². The fourth-order valence-electron chi connectivity index (χ4n) is 1.97. The van der Waals surface area contributed by atoms with Gasteiger partial charge in [-0.1, -0.05) is 21.1 Å². The minimum atomic E-state index is -0.0372. The molecule has 1 aliphatic rings. The number of carbonyl (C=O) groups is 1. The average molecular weight is 303 g/mol. The molecule has 0 N–H and O–H groups in total. The highest BCUT2D eigenvalue weighted by Gasteiger charge is 2.29. The van der Waals surface area contributed by atoms with Gasteiger partial charge in [0.1, 0.15) is 11.3 Å². The molecule has 1 aliphatic heterocycles. The predicted molar refractivity (Wildman–Crippen MR) is 65.3 cm³/mol. The molecule has 94 valence electrons. The van der Waals surface area contributed by atoms with E-state index in [1.54, 1.807) is 11.8 Å². The Morgan fingerprint density at radius 2 is 2.41 bits per heavy atom. The average Bonchev–Trinajstić information content (AvgIpc) is 2.73. The number of rotatable bonds is 2. The van der Waals surface area contributed by atoms with E-state index in [4.69, 9.17) is 9.26 Å². The van der Waals surface area contributed by atoms with Crippen molar-refractivity contribution in [3.8, 4) is 0 Å². The first kappa shape index (κ1) is 12.6. The van der Waals surface area contributed by atoms with E-state index in [-0.39, 0.29) is 18.1 Å². The van der Waals surface area contributed by atoms with Gasteiger partial charge in [0, 0.05) is 18.4 Å². The fraction of sp³-hybridized carbons (Fsp3) is 0.636. The van der Waals surface area contributed by atoms with Gasteiger partial charge in [0.2, 0.25) is 0 Å². The number of amides is 1. The van der Waals surface area contributed by atoms with Gasteiger partial charge in [0.05, 0.1) is 18.4 Å². The zero-order valence-corrected chi connectivity index (χ0v) is 11.4. The molecule has 5 nitrogen and oxygen atoms in total. The maximum Gasteiger partial charge on any atom is 0.259 e. The van der Waals surface area contributed by atoms with E-state index in [0.29, 0.717) is 24.4 Å². The molecule has 2 atom stereocenters. The molecule has 0 bridgehead atoms. The molecule has 1 aromatic rings. The van der Waals surface area contributed by atoms with Crippen molar-refractivity contribution in [1.82, 2.24) is 10.1 Å². The van der Waals surface area contributed by atoms with Crippen LogP contribution in [-0.2, 0) is 4.74 Å². The van der Waals surface area contributed by atoms with Gasteiger partial charge in [-0.05, 0) is 13.8 Å². The van der Waals surface area contributed by atoms with Gasteiger partial charge in [-0.25, -0.2) is 0 Å². The molecule has 17 heavy (non-hydrogen) atoms. The van der Waals surface area contributed by atoms with E-state index in [1.807, 2.05) is 6.92 Å². The maximum atomic E-state index is 12.2. The van der Waals surface area contributed by atoms with Crippen LogP contribution in [0.1, 0.15) is 23.0 Å². The molecule has 0 aliphatic carbocycles. The number of morpholine rings is 1. The van der Waals surface area contributed by atoms with Gasteiger partial charge in [0.15, 0.2) is 0 Å². The first-order valence-corrected chi connectivity index (χ1v) is 6.66. The Hall–Kier alpha value is -0.880. The summed E-state index contributed by atoms with van der Waals surface area (Å²) in [6, 6.07) is 0. The van der Waals surface area contributed by atoms with Gasteiger partial charge >= 0.3 is 0 Å². The third-order valence-corrected chi connectivity index (χ3v) is 3.49. The first-order valence-electron chi connectivity index (χ1n) is 5.53. The molecule has 1 saturated heterocycles. The molecule has 1 aromatic heterocycles. The Bertz CT molecular complexity index is 407. The predicted octanol–water partition coefficient (Wildman–Crippen LogP) is 1.61. The van der Waals surface area contributed by atoms with Crippen LogP contribution in [0.15, 0.2) is 10.7 Å². The number of nitrogens with zero attached hydrogens (tertiary/aromatic N) is 2. The van der Waals surface area contributed by atoms with Gasteiger partial charge in [-0.2, -0.15) is 0 Å². The number of hydrogen-bond acceptors (Lipinski definition) is 4. The fourth-order valence-corrected chi connectivity index (χ4v) is 2.33. The molecule has 6 heteroatoms. The van der Waals surface area contributed by atoms with Crippen molar-refractivity contribution in [1.29, 1.82) is 0 Å². The lowest BCUT2D eigenvalue weighted by molar-refractivity contribution is -0.0560. The summed E-state index contributed by atoms with van der Waals surface area (Å²) in [7, 11) is 0. The second kappa shape index (κ2) is 5.18. The summed E-state index contributed by atoms with van der Waals surface area (Å²) in [5, 5.41) is 4.36. The van der Waals surface area contributed by atoms with E-state index < -0.39 is 0 Å². The highest BCUT2D eigenvalue weighted by atomic mass is 79.9. The second-order valence-electron chi connectivity index (χ2n) is 4.23. The monoisotopic (exact) mass is 302 g/mol. The summed E-state index contributed by atoms with van der Waals surface area (Å²) < 4.78 is 10.6. The lowest BCUT2D eigenvalue weighted by Crippen LogP contribution is -2.49. The van der Waals surface area contributed by atoms with Crippen molar-refractivity contribution in [3.63, 3.8) is 0 Å². The second-order valence-corrected chi connectivity index (χ2v) is 4.88. The molecular formula is C11H15BrN2O3. The SMILES string of the molecule is Cc1oncc1C(=O)N1CC(C)OC(CBr)C1. The third kappa shape index (κ3) is 2.69. The van der Waals surface area contributed by atoms with Crippen LogP contribution in [0, 0.1) is 6.92 Å². The van der Waals surface area contributed by atoms with Crippen LogP contribution in [0.5, 0.6) is 0 Å². The number of aromatic nitrogens is 1. The molecule has 0 radical (unpaired) electrons. The van der Waals surface area contributed by atoms with Crippen molar-refractivity contribution < 1.29 is 14.1 Å². The number of carbonyl (C=O) groups excluding carboxylic acids is 1. The number of alkyl halides is 1. The van der Waals surface area contributed by atoms with Crippen molar-refractivity contribution in [2.75, 3.05) is 18.4 Å². The topological polar surface area (TPSA) is 55.6 Å². The summed E-state index contributed by atoms with van der Waals surface area (Å²) in [5.74, 6) is 0.523. The van der Waals surface area contributed by atoms with Crippen molar-refractivity contribution in [2.45, 2.75) is 26.1 Å². The first-order chi connectivity index (χ1) is 8.11. The lowest BCUT2D eigenvalue weighted by Gasteiger charge is -2.36. The summed E-state index contributed by atoms with van der Waals surface area (Å²) in [6.07, 6.45) is 1.57. The number of hydrogen-bond donors (Lipinski definition) is 0. The zero-order chi connectivity index (χ0) is 12.4. The van der Waals surface area contributed by atoms with E-state index in [1.165, 1.54) is 6.20 Å². The maximum absolute atomic E-state index is 12.2. The molecule has 0 aromatic carbocycles. The molecule has 2 unspecified atom stereocenters. The highest BCUT2D eigenvalue weighted by molar-refractivity contribution is 9.09. The molecule has 0 spiro atoms. The highest BCUT2D eigenvalue weighted by Crippen LogP contribution is 2.17. The zero-order valence-electron chi connectivity index (χ0n) is 9.85. The van der Waals surface area contributed by atoms with Gasteiger partial charge in [0.25, 0.3) is 5.91 Å². The lowest BCUT2D eigenvalue weighted by atomic mass is 10.2. The minimum absolute atomic E-state index is 0.0372. The summed E-state index contributed by atoms with van der Waals surface area (Å²) in [6.45, 7) is 4.91. The summed E-state index contributed by atoms with van der Waals surface area (Å²) >= 11 is 3.38. The Balaban J connectivity index is 2.11. The van der Waals surface area contributed by atoms with Crippen molar-refractivity contribution >= 4 is 21.8 Å². The molecule has 2 rings (SSSR count). The Morgan fingerprint density at radius 3 is 3.00 bits per heavy atom. The molecule has 0 saturated carbocycles. The Kier molecular flexibility index (Phi) is 3.83. The van der Waals surface area contributed by atoms with Crippen LogP contribution in [0.4, 0.5) is 0 Å². The molecule has 2 heterocycles. The Labute approximate surface area is 108 Å². The van der Waals surface area contributed by atoms with Crippen LogP contribution < -0.4 is 0 Å². The Morgan fingerprint density at radius 1 is 1.65 bits per heavy atom. The van der Waals surface area contributed by atoms with E-state index in [2.05, 4.69) is 21.1 Å². The largest absolute Gasteiger partial charge is 0.371 e. The van der Waals surface area contributed by atoms with Crippen LogP contribution in [-0.4, -0.2) is 46.6 Å². The van der Waals surface area contributed by atoms with Crippen molar-refractivity contribution in [2.24, 2.45) is 0 Å². The standard InChI is InChI=1S/C11H15BrN2O3/c1-7-5-14(6-9(3-12)16-7)11(15)10-4-13-17-8(10)2/h4,7,9H,3,5-6H2,1-2H3. The van der Waals surface area contributed by atoms with Crippen LogP contribution >= 0.6 is 15.9 Å². The van der Waals surface area contributed by atoms with Crippen LogP contribution in [0.2, 0.25) is 0 Å². The summed E-state index contributed by atoms with van der Waals surface area (Å²) in [5.41, 5.74) is 0.535. The normalized spacial score (nSPS) is 25.0.